The van der Waals surface area contributed by atoms with Gasteiger partial charge in [0.1, 0.15) is 5.82 Å². The number of carbonyl (C=O) groups excluding carboxylic acids is 1. The number of fused-ring (bicyclic) bond motifs is 1. The van der Waals surface area contributed by atoms with Crippen molar-refractivity contribution in [1.29, 1.82) is 0 Å². The van der Waals surface area contributed by atoms with Crippen molar-refractivity contribution in [2.24, 2.45) is 11.3 Å². The van der Waals surface area contributed by atoms with Gasteiger partial charge in [-0.25, -0.2) is 4.39 Å². The van der Waals surface area contributed by atoms with Crippen molar-refractivity contribution in [3.05, 3.63) is 65.7 Å². The van der Waals surface area contributed by atoms with Gasteiger partial charge in [-0.2, -0.15) is 0 Å². The smallest absolute Gasteiger partial charge is 0.253 e. The van der Waals surface area contributed by atoms with E-state index in [9.17, 15) is 9.18 Å². The van der Waals surface area contributed by atoms with Gasteiger partial charge < -0.3 is 9.64 Å². The summed E-state index contributed by atoms with van der Waals surface area (Å²) in [5.74, 6) is 0.151. The van der Waals surface area contributed by atoms with E-state index in [4.69, 9.17) is 4.74 Å². The first-order chi connectivity index (χ1) is 12.7. The molecular formula is C21H23FN2O2. The number of benzene rings is 1. The molecule has 1 aromatic carbocycles. The van der Waals surface area contributed by atoms with E-state index in [-0.39, 0.29) is 17.1 Å². The highest BCUT2D eigenvalue weighted by molar-refractivity contribution is 5.94. The zero-order valence-corrected chi connectivity index (χ0v) is 14.7. The normalized spacial score (nSPS) is 24.7. The van der Waals surface area contributed by atoms with E-state index < -0.39 is 0 Å². The molecule has 26 heavy (non-hydrogen) atoms. The van der Waals surface area contributed by atoms with Gasteiger partial charge in [0.15, 0.2) is 0 Å². The monoisotopic (exact) mass is 354 g/mol. The van der Waals surface area contributed by atoms with E-state index >= 15 is 0 Å². The zero-order chi connectivity index (χ0) is 18.0. The van der Waals surface area contributed by atoms with Crippen LogP contribution < -0.4 is 0 Å². The summed E-state index contributed by atoms with van der Waals surface area (Å²) in [5.41, 5.74) is 1.52. The largest absolute Gasteiger partial charge is 0.375 e. The molecule has 2 fully saturated rings. The number of halogens is 1. The first-order valence-electron chi connectivity index (χ1n) is 9.19. The van der Waals surface area contributed by atoms with E-state index in [0.29, 0.717) is 24.7 Å². The Morgan fingerprint density at radius 2 is 2.12 bits per heavy atom. The number of carbonyl (C=O) groups is 1. The molecule has 1 aliphatic heterocycles. The molecule has 0 spiro atoms. The fourth-order valence-electron chi connectivity index (χ4n) is 4.42. The summed E-state index contributed by atoms with van der Waals surface area (Å²) in [7, 11) is 0. The molecule has 2 aliphatic rings. The number of pyridine rings is 1. The SMILES string of the molecule is O=C(c1ccc(F)cc1)N1C[C@H]2CCC[C@@]2(COCc2ccccn2)C1. The Balaban J connectivity index is 1.41. The number of rotatable bonds is 5. The Hall–Kier alpha value is -2.27. The van der Waals surface area contributed by atoms with Crippen LogP contribution in [0.1, 0.15) is 35.3 Å². The lowest BCUT2D eigenvalue weighted by Crippen LogP contribution is -2.34. The number of nitrogens with zero attached hydrogens (tertiary/aromatic N) is 2. The summed E-state index contributed by atoms with van der Waals surface area (Å²) in [4.78, 5) is 19.0. The topological polar surface area (TPSA) is 42.4 Å². The summed E-state index contributed by atoms with van der Waals surface area (Å²) in [6.45, 7) is 2.64. The van der Waals surface area contributed by atoms with Crippen LogP contribution in [0.3, 0.4) is 0 Å². The summed E-state index contributed by atoms with van der Waals surface area (Å²) < 4.78 is 19.1. The average Bonchev–Trinajstić information content (AvgIpc) is 3.20. The Bertz CT molecular complexity index is 765. The van der Waals surface area contributed by atoms with E-state index in [2.05, 4.69) is 4.98 Å². The fraction of sp³-hybridized carbons (Fsp3) is 0.429. The molecule has 0 unspecified atom stereocenters. The van der Waals surface area contributed by atoms with Gasteiger partial charge in [0.25, 0.3) is 5.91 Å². The van der Waals surface area contributed by atoms with Gasteiger partial charge in [-0.15, -0.1) is 0 Å². The highest BCUT2D eigenvalue weighted by Crippen LogP contribution is 2.49. The van der Waals surface area contributed by atoms with Crippen LogP contribution in [0.2, 0.25) is 0 Å². The molecule has 5 heteroatoms. The van der Waals surface area contributed by atoms with Crippen molar-refractivity contribution in [3.63, 3.8) is 0 Å². The third kappa shape index (κ3) is 3.36. The van der Waals surface area contributed by atoms with E-state index in [0.717, 1.165) is 31.6 Å². The summed E-state index contributed by atoms with van der Waals surface area (Å²) in [6.07, 6.45) is 5.19. The Morgan fingerprint density at radius 1 is 1.27 bits per heavy atom. The molecule has 2 atom stereocenters. The Labute approximate surface area is 153 Å². The summed E-state index contributed by atoms with van der Waals surface area (Å²) >= 11 is 0. The quantitative estimate of drug-likeness (QED) is 0.823. The van der Waals surface area contributed by atoms with Crippen molar-refractivity contribution >= 4 is 5.91 Å². The minimum atomic E-state index is -0.320. The van der Waals surface area contributed by atoms with Crippen molar-refractivity contribution < 1.29 is 13.9 Å². The number of likely N-dealkylation sites (tertiary alicyclic amines) is 1. The standard InChI is InChI=1S/C21H23FN2O2/c22-18-8-6-16(7-9-18)20(25)24-12-17-4-3-10-21(17,14-24)15-26-13-19-5-1-2-11-23-19/h1-2,5-9,11,17H,3-4,10,12-15H2/t17-,21+/m1/s1. The van der Waals surface area contributed by atoms with Gasteiger partial charge in [-0.3, -0.25) is 9.78 Å². The van der Waals surface area contributed by atoms with E-state index in [1.165, 1.54) is 18.6 Å². The lowest BCUT2D eigenvalue weighted by atomic mass is 9.81. The lowest BCUT2D eigenvalue weighted by molar-refractivity contribution is 0.0252. The van der Waals surface area contributed by atoms with Crippen molar-refractivity contribution in [2.45, 2.75) is 25.9 Å². The molecule has 1 saturated carbocycles. The van der Waals surface area contributed by atoms with Gasteiger partial charge in [0.2, 0.25) is 0 Å². The molecule has 0 radical (unpaired) electrons. The zero-order valence-electron chi connectivity index (χ0n) is 14.7. The maximum absolute atomic E-state index is 13.1. The molecule has 1 aliphatic carbocycles. The van der Waals surface area contributed by atoms with Crippen LogP contribution in [0, 0.1) is 17.2 Å². The van der Waals surface area contributed by atoms with Crippen LogP contribution in [-0.4, -0.2) is 35.5 Å². The predicted molar refractivity (Wildman–Crippen MR) is 96.0 cm³/mol. The number of hydrogen-bond acceptors (Lipinski definition) is 3. The Morgan fingerprint density at radius 3 is 2.88 bits per heavy atom. The molecule has 0 N–H and O–H groups in total. The number of hydrogen-bond donors (Lipinski definition) is 0. The molecule has 4 rings (SSSR count). The van der Waals surface area contributed by atoms with Crippen LogP contribution >= 0.6 is 0 Å². The van der Waals surface area contributed by atoms with Crippen LogP contribution in [0.15, 0.2) is 48.7 Å². The highest BCUT2D eigenvalue weighted by Gasteiger charge is 2.50. The van der Waals surface area contributed by atoms with Crippen molar-refractivity contribution in [2.75, 3.05) is 19.7 Å². The molecule has 1 aromatic heterocycles. The van der Waals surface area contributed by atoms with Gasteiger partial charge >= 0.3 is 0 Å². The minimum Gasteiger partial charge on any atom is -0.375 e. The Kier molecular flexibility index (Phi) is 4.72. The number of ether oxygens (including phenoxy) is 1. The fourth-order valence-corrected chi connectivity index (χ4v) is 4.42. The molecule has 136 valence electrons. The minimum absolute atomic E-state index is 0.0106. The predicted octanol–water partition coefficient (Wildman–Crippen LogP) is 3.68. The van der Waals surface area contributed by atoms with E-state index in [1.807, 2.05) is 23.1 Å². The lowest BCUT2D eigenvalue weighted by Gasteiger charge is -2.28. The first-order valence-corrected chi connectivity index (χ1v) is 9.19. The molecule has 1 saturated heterocycles. The second-order valence-corrected chi connectivity index (χ2v) is 7.46. The molecule has 1 amide bonds. The van der Waals surface area contributed by atoms with Crippen LogP contribution in [0.4, 0.5) is 4.39 Å². The average molecular weight is 354 g/mol. The highest BCUT2D eigenvalue weighted by atomic mass is 19.1. The molecular weight excluding hydrogens is 331 g/mol. The third-order valence-electron chi connectivity index (χ3n) is 5.78. The molecule has 2 aromatic rings. The van der Waals surface area contributed by atoms with Crippen LogP contribution in [0.25, 0.3) is 0 Å². The summed E-state index contributed by atoms with van der Waals surface area (Å²) in [6, 6.07) is 11.6. The molecule has 2 heterocycles. The van der Waals surface area contributed by atoms with Gasteiger partial charge in [0, 0.05) is 30.3 Å². The second-order valence-electron chi connectivity index (χ2n) is 7.46. The third-order valence-corrected chi connectivity index (χ3v) is 5.78. The van der Waals surface area contributed by atoms with Gasteiger partial charge in [-0.05, 0) is 55.2 Å². The van der Waals surface area contributed by atoms with E-state index in [1.54, 1.807) is 18.3 Å². The first kappa shape index (κ1) is 17.2. The number of amides is 1. The van der Waals surface area contributed by atoms with Crippen LogP contribution in [-0.2, 0) is 11.3 Å². The van der Waals surface area contributed by atoms with Gasteiger partial charge in [-0.1, -0.05) is 12.5 Å². The second kappa shape index (κ2) is 7.16. The number of aromatic nitrogens is 1. The maximum atomic E-state index is 13.1. The molecule has 4 nitrogen and oxygen atoms in total. The van der Waals surface area contributed by atoms with Gasteiger partial charge in [0.05, 0.1) is 18.9 Å². The molecule has 0 bridgehead atoms. The maximum Gasteiger partial charge on any atom is 0.253 e. The van der Waals surface area contributed by atoms with Crippen molar-refractivity contribution in [1.82, 2.24) is 9.88 Å². The van der Waals surface area contributed by atoms with Crippen molar-refractivity contribution in [3.8, 4) is 0 Å². The van der Waals surface area contributed by atoms with Crippen LogP contribution in [0.5, 0.6) is 0 Å². The summed E-state index contributed by atoms with van der Waals surface area (Å²) in [5, 5.41) is 0.